The zero-order chi connectivity index (χ0) is 16.5. The van der Waals surface area contributed by atoms with Crippen LogP contribution in [-0.4, -0.2) is 24.5 Å². The molecule has 0 saturated carbocycles. The zero-order valence-corrected chi connectivity index (χ0v) is 14.1. The lowest BCUT2D eigenvalue weighted by Crippen LogP contribution is -2.21. The van der Waals surface area contributed by atoms with Crippen LogP contribution in [0.3, 0.4) is 0 Å². The van der Waals surface area contributed by atoms with E-state index >= 15 is 0 Å². The molecule has 0 bridgehead atoms. The fourth-order valence-corrected chi connectivity index (χ4v) is 2.75. The molecule has 118 valence electrons. The van der Waals surface area contributed by atoms with Crippen LogP contribution in [-0.2, 0) is 6.54 Å². The summed E-state index contributed by atoms with van der Waals surface area (Å²) in [6.45, 7) is 0.438. The maximum absolute atomic E-state index is 12.6. The van der Waals surface area contributed by atoms with Gasteiger partial charge in [-0.05, 0) is 29.8 Å². The first kappa shape index (κ1) is 14.8. The number of para-hydroxylation sites is 1. The maximum Gasteiger partial charge on any atom is 0.283 e. The largest absolute Gasteiger partial charge is 0.293 e. The Morgan fingerprint density at radius 3 is 2.50 bits per heavy atom. The number of aromatic nitrogens is 5. The Bertz CT molecular complexity index is 1050. The average Bonchev–Trinajstić information content (AvgIpc) is 3.05. The summed E-state index contributed by atoms with van der Waals surface area (Å²) in [7, 11) is 0. The molecule has 4 aromatic rings. The predicted molar refractivity (Wildman–Crippen MR) is 94.2 cm³/mol. The standard InChI is InChI=1S/C17H12BrN5O/c18-13-8-6-12(7-9-13)10-22-11-19-16-15(17(22)24)20-21-23(16)14-4-2-1-3-5-14/h1-9,11H,10H2. The Hall–Kier alpha value is -2.80. The van der Waals surface area contributed by atoms with Gasteiger partial charge in [-0.15, -0.1) is 5.10 Å². The second-order valence-corrected chi connectivity index (χ2v) is 6.23. The van der Waals surface area contributed by atoms with Crippen molar-refractivity contribution in [2.24, 2.45) is 0 Å². The third kappa shape index (κ3) is 2.63. The maximum atomic E-state index is 12.6. The minimum absolute atomic E-state index is 0.204. The minimum atomic E-state index is -0.204. The van der Waals surface area contributed by atoms with Crippen LogP contribution < -0.4 is 5.56 Å². The SMILES string of the molecule is O=c1c2nnn(-c3ccccc3)c2ncn1Cc1ccc(Br)cc1. The molecule has 0 atom stereocenters. The van der Waals surface area contributed by atoms with Gasteiger partial charge in [0.15, 0.2) is 11.2 Å². The Balaban J connectivity index is 1.77. The lowest BCUT2D eigenvalue weighted by atomic mass is 10.2. The number of rotatable bonds is 3. The predicted octanol–water partition coefficient (Wildman–Crippen LogP) is 2.79. The number of benzene rings is 2. The van der Waals surface area contributed by atoms with Crippen molar-refractivity contribution >= 4 is 27.1 Å². The van der Waals surface area contributed by atoms with Crippen molar-refractivity contribution in [2.75, 3.05) is 0 Å². The van der Waals surface area contributed by atoms with Crippen LogP contribution in [0, 0.1) is 0 Å². The molecule has 0 saturated heterocycles. The van der Waals surface area contributed by atoms with Crippen molar-refractivity contribution in [2.45, 2.75) is 6.54 Å². The van der Waals surface area contributed by atoms with Gasteiger partial charge in [0.25, 0.3) is 5.56 Å². The summed E-state index contributed by atoms with van der Waals surface area (Å²) >= 11 is 3.40. The van der Waals surface area contributed by atoms with Gasteiger partial charge in [0.05, 0.1) is 12.2 Å². The first-order chi connectivity index (χ1) is 11.7. The van der Waals surface area contributed by atoms with Gasteiger partial charge in [-0.25, -0.2) is 4.98 Å². The normalized spacial score (nSPS) is 11.0. The van der Waals surface area contributed by atoms with Gasteiger partial charge in [-0.1, -0.05) is 51.5 Å². The summed E-state index contributed by atoms with van der Waals surface area (Å²) in [5, 5.41) is 8.09. The third-order valence-electron chi connectivity index (χ3n) is 3.70. The number of halogens is 1. The summed E-state index contributed by atoms with van der Waals surface area (Å²) in [5.41, 5.74) is 2.34. The van der Waals surface area contributed by atoms with Crippen molar-refractivity contribution < 1.29 is 0 Å². The number of hydrogen-bond acceptors (Lipinski definition) is 4. The summed E-state index contributed by atoms with van der Waals surface area (Å²) in [6, 6.07) is 17.3. The molecule has 0 aliphatic rings. The molecule has 2 heterocycles. The van der Waals surface area contributed by atoms with E-state index in [0.29, 0.717) is 12.2 Å². The molecule has 0 amide bonds. The highest BCUT2D eigenvalue weighted by molar-refractivity contribution is 9.10. The van der Waals surface area contributed by atoms with E-state index < -0.39 is 0 Å². The molecule has 4 rings (SSSR count). The fraction of sp³-hybridized carbons (Fsp3) is 0.0588. The molecule has 0 aliphatic heterocycles. The third-order valence-corrected chi connectivity index (χ3v) is 4.23. The molecule has 0 spiro atoms. The van der Waals surface area contributed by atoms with E-state index in [1.165, 1.54) is 10.9 Å². The molecule has 24 heavy (non-hydrogen) atoms. The molecule has 0 aliphatic carbocycles. The van der Waals surface area contributed by atoms with Gasteiger partial charge in [0.1, 0.15) is 6.33 Å². The Morgan fingerprint density at radius 1 is 1.00 bits per heavy atom. The lowest BCUT2D eigenvalue weighted by Gasteiger charge is -2.06. The van der Waals surface area contributed by atoms with E-state index in [1.54, 1.807) is 4.68 Å². The minimum Gasteiger partial charge on any atom is -0.293 e. The van der Waals surface area contributed by atoms with Crippen LogP contribution in [0.25, 0.3) is 16.9 Å². The van der Waals surface area contributed by atoms with E-state index in [1.807, 2.05) is 54.6 Å². The Labute approximate surface area is 145 Å². The van der Waals surface area contributed by atoms with Crippen molar-refractivity contribution in [3.63, 3.8) is 0 Å². The van der Waals surface area contributed by atoms with Gasteiger partial charge >= 0.3 is 0 Å². The fourth-order valence-electron chi connectivity index (χ4n) is 2.49. The Morgan fingerprint density at radius 2 is 1.75 bits per heavy atom. The smallest absolute Gasteiger partial charge is 0.283 e. The molecule has 0 unspecified atom stereocenters. The highest BCUT2D eigenvalue weighted by atomic mass is 79.9. The van der Waals surface area contributed by atoms with E-state index in [-0.39, 0.29) is 11.1 Å². The van der Waals surface area contributed by atoms with Crippen molar-refractivity contribution in [1.29, 1.82) is 0 Å². The zero-order valence-electron chi connectivity index (χ0n) is 12.5. The Kier molecular flexibility index (Phi) is 3.70. The molecule has 7 heteroatoms. The van der Waals surface area contributed by atoms with Gasteiger partial charge in [0, 0.05) is 4.47 Å². The highest BCUT2D eigenvalue weighted by Gasteiger charge is 2.13. The van der Waals surface area contributed by atoms with Crippen LogP contribution in [0.1, 0.15) is 5.56 Å². The van der Waals surface area contributed by atoms with Crippen molar-refractivity contribution in [1.82, 2.24) is 24.5 Å². The molecular formula is C17H12BrN5O. The quantitative estimate of drug-likeness (QED) is 0.547. The van der Waals surface area contributed by atoms with Crippen LogP contribution in [0.15, 0.2) is 70.2 Å². The van der Waals surface area contributed by atoms with Gasteiger partial charge in [-0.3, -0.25) is 9.36 Å². The number of nitrogens with zero attached hydrogens (tertiary/aromatic N) is 5. The van der Waals surface area contributed by atoms with Crippen LogP contribution >= 0.6 is 15.9 Å². The molecule has 0 N–H and O–H groups in total. The average molecular weight is 382 g/mol. The molecule has 0 fully saturated rings. The van der Waals surface area contributed by atoms with E-state index in [0.717, 1.165) is 15.7 Å². The van der Waals surface area contributed by atoms with Gasteiger partial charge in [-0.2, -0.15) is 4.68 Å². The van der Waals surface area contributed by atoms with E-state index in [4.69, 9.17) is 0 Å². The van der Waals surface area contributed by atoms with E-state index in [2.05, 4.69) is 31.2 Å². The van der Waals surface area contributed by atoms with Crippen LogP contribution in [0.4, 0.5) is 0 Å². The van der Waals surface area contributed by atoms with Crippen molar-refractivity contribution in [3.05, 3.63) is 81.3 Å². The second-order valence-electron chi connectivity index (χ2n) is 5.31. The number of fused-ring (bicyclic) bond motifs is 1. The van der Waals surface area contributed by atoms with E-state index in [9.17, 15) is 4.79 Å². The lowest BCUT2D eigenvalue weighted by molar-refractivity contribution is 0.745. The first-order valence-electron chi connectivity index (χ1n) is 7.33. The summed E-state index contributed by atoms with van der Waals surface area (Å²) in [6.07, 6.45) is 1.54. The summed E-state index contributed by atoms with van der Waals surface area (Å²) < 4.78 is 4.11. The molecule has 6 nitrogen and oxygen atoms in total. The summed E-state index contributed by atoms with van der Waals surface area (Å²) in [5.74, 6) is 0. The second kappa shape index (κ2) is 6.01. The highest BCUT2D eigenvalue weighted by Crippen LogP contribution is 2.13. The molecular weight excluding hydrogens is 370 g/mol. The number of hydrogen-bond donors (Lipinski definition) is 0. The molecule has 2 aromatic carbocycles. The molecule has 0 radical (unpaired) electrons. The topological polar surface area (TPSA) is 65.6 Å². The van der Waals surface area contributed by atoms with Crippen LogP contribution in [0.5, 0.6) is 0 Å². The van der Waals surface area contributed by atoms with Gasteiger partial charge < -0.3 is 0 Å². The first-order valence-corrected chi connectivity index (χ1v) is 8.12. The monoisotopic (exact) mass is 381 g/mol. The van der Waals surface area contributed by atoms with Crippen molar-refractivity contribution in [3.8, 4) is 5.69 Å². The molecule has 2 aromatic heterocycles. The summed E-state index contributed by atoms with van der Waals surface area (Å²) in [4.78, 5) is 17.0. The van der Waals surface area contributed by atoms with Crippen LogP contribution in [0.2, 0.25) is 0 Å². The van der Waals surface area contributed by atoms with Gasteiger partial charge in [0.2, 0.25) is 0 Å².